The van der Waals surface area contributed by atoms with E-state index in [2.05, 4.69) is 5.32 Å². The summed E-state index contributed by atoms with van der Waals surface area (Å²) in [5.41, 5.74) is 0. The van der Waals surface area contributed by atoms with Crippen LogP contribution in [0.4, 0.5) is 0 Å². The summed E-state index contributed by atoms with van der Waals surface area (Å²) < 4.78 is 20.2. The van der Waals surface area contributed by atoms with Crippen LogP contribution in [-0.4, -0.2) is 66.2 Å². The van der Waals surface area contributed by atoms with E-state index in [0.29, 0.717) is 0 Å². The van der Waals surface area contributed by atoms with Gasteiger partial charge in [-0.3, -0.25) is 19.2 Å². The van der Waals surface area contributed by atoms with E-state index in [1.54, 1.807) is 0 Å². The second-order valence-electron chi connectivity index (χ2n) is 5.24. The summed E-state index contributed by atoms with van der Waals surface area (Å²) in [7, 11) is 0. The van der Waals surface area contributed by atoms with Crippen LogP contribution in [0.25, 0.3) is 0 Å². The predicted octanol–water partition coefficient (Wildman–Crippen LogP) is -1.37. The fourth-order valence-corrected chi connectivity index (χ4v) is 2.32. The van der Waals surface area contributed by atoms with E-state index in [1.807, 2.05) is 0 Å². The van der Waals surface area contributed by atoms with Gasteiger partial charge in [0.2, 0.25) is 5.91 Å². The van der Waals surface area contributed by atoms with Gasteiger partial charge in [0.25, 0.3) is 0 Å². The third-order valence-electron chi connectivity index (χ3n) is 3.10. The average molecular weight is 347 g/mol. The summed E-state index contributed by atoms with van der Waals surface area (Å²) in [6.45, 7) is 4.33. The molecule has 2 N–H and O–H groups in total. The molecular weight excluding hydrogens is 326 g/mol. The molecule has 24 heavy (non-hydrogen) atoms. The lowest BCUT2D eigenvalue weighted by atomic mass is 9.95. The molecule has 0 aromatic rings. The van der Waals surface area contributed by atoms with E-state index in [4.69, 9.17) is 18.9 Å². The highest BCUT2D eigenvalue weighted by Gasteiger charge is 2.50. The van der Waals surface area contributed by atoms with Crippen molar-refractivity contribution in [3.05, 3.63) is 0 Å². The van der Waals surface area contributed by atoms with Crippen LogP contribution < -0.4 is 5.32 Å². The minimum Gasteiger partial charge on any atom is -0.463 e. The van der Waals surface area contributed by atoms with E-state index in [1.165, 1.54) is 13.8 Å². The average Bonchev–Trinajstić information content (AvgIpc) is 2.42. The number of aliphatic hydroxyl groups excluding tert-OH is 1. The number of carbonyl (C=O) groups is 4. The van der Waals surface area contributed by atoms with Crippen molar-refractivity contribution in [2.45, 2.75) is 58.3 Å². The number of amides is 1. The molecule has 0 aromatic carbocycles. The van der Waals surface area contributed by atoms with Crippen LogP contribution in [0.3, 0.4) is 0 Å². The van der Waals surface area contributed by atoms with Gasteiger partial charge < -0.3 is 29.4 Å². The standard InChI is InChI=1S/C14H21NO9/c1-6(16)15-11-10(5-21-7(2)17)24-14(20)13(23-9(4)19)12(11)22-8(3)18/h10-14,20H,5H2,1-4H3,(H,15,16)/t10-,11+,12+,13-,14+/m1/s1. The van der Waals surface area contributed by atoms with Crippen LogP contribution in [-0.2, 0) is 38.1 Å². The van der Waals surface area contributed by atoms with Gasteiger partial charge in [-0.05, 0) is 0 Å². The number of hydrogen-bond acceptors (Lipinski definition) is 9. The number of ether oxygens (including phenoxy) is 4. The molecule has 1 amide bonds. The summed E-state index contributed by atoms with van der Waals surface area (Å²) in [6, 6.07) is -1.00. The van der Waals surface area contributed by atoms with Gasteiger partial charge in [0.05, 0.1) is 6.04 Å². The van der Waals surface area contributed by atoms with Crippen LogP contribution >= 0.6 is 0 Å². The van der Waals surface area contributed by atoms with Crippen LogP contribution in [0.5, 0.6) is 0 Å². The molecule has 1 aliphatic heterocycles. The number of nitrogens with one attached hydrogen (secondary N) is 1. The lowest BCUT2D eigenvalue weighted by Crippen LogP contribution is -2.66. The first-order valence-electron chi connectivity index (χ1n) is 7.20. The largest absolute Gasteiger partial charge is 0.463 e. The van der Waals surface area contributed by atoms with E-state index in [0.717, 1.165) is 13.8 Å². The minimum absolute atomic E-state index is 0.304. The smallest absolute Gasteiger partial charge is 0.303 e. The molecule has 0 aliphatic carbocycles. The second-order valence-corrected chi connectivity index (χ2v) is 5.24. The van der Waals surface area contributed by atoms with Crippen LogP contribution in [0.2, 0.25) is 0 Å². The Kier molecular flexibility index (Phi) is 7.11. The van der Waals surface area contributed by atoms with Gasteiger partial charge in [0, 0.05) is 27.7 Å². The van der Waals surface area contributed by atoms with Gasteiger partial charge >= 0.3 is 17.9 Å². The van der Waals surface area contributed by atoms with Gasteiger partial charge in [-0.2, -0.15) is 0 Å². The summed E-state index contributed by atoms with van der Waals surface area (Å²) in [5, 5.41) is 12.5. The van der Waals surface area contributed by atoms with Crippen molar-refractivity contribution in [2.75, 3.05) is 6.61 Å². The van der Waals surface area contributed by atoms with Crippen molar-refractivity contribution in [2.24, 2.45) is 0 Å². The number of carbonyl (C=O) groups excluding carboxylic acids is 4. The van der Waals surface area contributed by atoms with Crippen molar-refractivity contribution in [3.63, 3.8) is 0 Å². The maximum Gasteiger partial charge on any atom is 0.303 e. The maximum atomic E-state index is 11.5. The molecule has 1 heterocycles. The van der Waals surface area contributed by atoms with Gasteiger partial charge in [0.15, 0.2) is 18.5 Å². The van der Waals surface area contributed by atoms with E-state index >= 15 is 0 Å². The monoisotopic (exact) mass is 347 g/mol. The Balaban J connectivity index is 3.11. The van der Waals surface area contributed by atoms with Crippen molar-refractivity contribution < 1.29 is 43.2 Å². The zero-order valence-corrected chi connectivity index (χ0v) is 13.8. The van der Waals surface area contributed by atoms with Gasteiger partial charge in [-0.15, -0.1) is 0 Å². The fourth-order valence-electron chi connectivity index (χ4n) is 2.32. The molecule has 0 aromatic heterocycles. The zero-order valence-electron chi connectivity index (χ0n) is 13.8. The van der Waals surface area contributed by atoms with Crippen LogP contribution in [0.15, 0.2) is 0 Å². The van der Waals surface area contributed by atoms with Crippen molar-refractivity contribution in [3.8, 4) is 0 Å². The molecule has 0 saturated carbocycles. The quantitative estimate of drug-likeness (QED) is 0.456. The topological polar surface area (TPSA) is 137 Å². The molecule has 1 rings (SSSR count). The molecule has 10 heteroatoms. The van der Waals surface area contributed by atoms with Crippen LogP contribution in [0.1, 0.15) is 27.7 Å². The van der Waals surface area contributed by atoms with Crippen molar-refractivity contribution in [1.29, 1.82) is 0 Å². The van der Waals surface area contributed by atoms with Gasteiger partial charge in [-0.1, -0.05) is 0 Å². The molecule has 0 bridgehead atoms. The Labute approximate surface area is 138 Å². The highest BCUT2D eigenvalue weighted by molar-refractivity contribution is 5.73. The molecule has 1 aliphatic rings. The first-order valence-corrected chi connectivity index (χ1v) is 7.20. The summed E-state index contributed by atoms with van der Waals surface area (Å²) in [6.07, 6.45) is -5.22. The SMILES string of the molecule is CC(=O)N[C@@H]1[C@H](OC(C)=O)[C@@H](OC(C)=O)[C@@H](O)O[C@@H]1COC(C)=O. The highest BCUT2D eigenvalue weighted by Crippen LogP contribution is 2.25. The van der Waals surface area contributed by atoms with E-state index in [9.17, 15) is 24.3 Å². The third-order valence-corrected chi connectivity index (χ3v) is 3.10. The summed E-state index contributed by atoms with van der Waals surface area (Å²) in [5.74, 6) is -2.53. The molecular formula is C14H21NO9. The molecule has 0 radical (unpaired) electrons. The normalized spacial score (nSPS) is 29.3. The Hall–Kier alpha value is -2.20. The predicted molar refractivity (Wildman–Crippen MR) is 76.2 cm³/mol. The van der Waals surface area contributed by atoms with Gasteiger partial charge in [-0.25, -0.2) is 0 Å². The number of hydrogen-bond donors (Lipinski definition) is 2. The maximum absolute atomic E-state index is 11.5. The Bertz CT molecular complexity index is 506. The molecule has 0 unspecified atom stereocenters. The first-order chi connectivity index (χ1) is 11.1. The van der Waals surface area contributed by atoms with Crippen molar-refractivity contribution in [1.82, 2.24) is 5.32 Å². The summed E-state index contributed by atoms with van der Waals surface area (Å²) >= 11 is 0. The number of aliphatic hydroxyl groups is 1. The molecule has 10 nitrogen and oxygen atoms in total. The number of esters is 3. The van der Waals surface area contributed by atoms with E-state index < -0.39 is 54.5 Å². The third kappa shape index (κ3) is 5.78. The zero-order chi connectivity index (χ0) is 18.4. The van der Waals surface area contributed by atoms with E-state index in [-0.39, 0.29) is 6.61 Å². The molecule has 5 atom stereocenters. The number of rotatable bonds is 5. The summed E-state index contributed by atoms with van der Waals surface area (Å²) in [4.78, 5) is 45.0. The molecule has 1 fully saturated rings. The molecule has 0 spiro atoms. The van der Waals surface area contributed by atoms with Gasteiger partial charge in [0.1, 0.15) is 12.7 Å². The van der Waals surface area contributed by atoms with Crippen molar-refractivity contribution >= 4 is 23.8 Å². The lowest BCUT2D eigenvalue weighted by Gasteiger charge is -2.43. The highest BCUT2D eigenvalue weighted by atomic mass is 16.7. The van der Waals surface area contributed by atoms with Crippen LogP contribution in [0, 0.1) is 0 Å². The Morgan fingerprint density at radius 3 is 1.96 bits per heavy atom. The first kappa shape index (κ1) is 19.8. The Morgan fingerprint density at radius 2 is 1.50 bits per heavy atom. The molecule has 1 saturated heterocycles. The fraction of sp³-hybridized carbons (Fsp3) is 0.714. The minimum atomic E-state index is -1.64. The lowest BCUT2D eigenvalue weighted by molar-refractivity contribution is -0.272. The molecule has 136 valence electrons. The second kappa shape index (κ2) is 8.60. The Morgan fingerprint density at radius 1 is 0.958 bits per heavy atom.